The zero-order chi connectivity index (χ0) is 13.1. The highest BCUT2D eigenvalue weighted by atomic mass is 32.1. The molecule has 1 aliphatic rings. The van der Waals surface area contributed by atoms with Gasteiger partial charge in [0.2, 0.25) is 0 Å². The average Bonchev–Trinajstić information content (AvgIpc) is 3.11. The second kappa shape index (κ2) is 5.84. The molecule has 0 atom stereocenters. The van der Waals surface area contributed by atoms with Crippen molar-refractivity contribution < 1.29 is 4.79 Å². The lowest BCUT2D eigenvalue weighted by atomic mass is 9.95. The molecule has 100 valence electrons. The highest BCUT2D eigenvalue weighted by Gasteiger charge is 2.18. The van der Waals surface area contributed by atoms with Crippen LogP contribution in [0.1, 0.15) is 42.6 Å². The first-order chi connectivity index (χ1) is 9.33. The lowest BCUT2D eigenvalue weighted by Gasteiger charge is -2.22. The third-order valence-electron chi connectivity index (χ3n) is 3.41. The van der Waals surface area contributed by atoms with Crippen LogP contribution in [0, 0.1) is 0 Å². The Morgan fingerprint density at radius 2 is 2.11 bits per heavy atom. The predicted octanol–water partition coefficient (Wildman–Crippen LogP) is 3.93. The number of carbonyl (C=O) groups excluding carboxylic acids is 1. The van der Waals surface area contributed by atoms with Gasteiger partial charge in [-0.1, -0.05) is 25.3 Å². The molecule has 0 bridgehead atoms. The maximum atomic E-state index is 12.1. The summed E-state index contributed by atoms with van der Waals surface area (Å²) in [6.45, 7) is 0. The van der Waals surface area contributed by atoms with E-state index < -0.39 is 0 Å². The summed E-state index contributed by atoms with van der Waals surface area (Å²) in [4.78, 5) is 17.7. The monoisotopic (exact) mass is 292 g/mol. The van der Waals surface area contributed by atoms with Crippen molar-refractivity contribution in [3.63, 3.8) is 0 Å². The molecular weight excluding hydrogens is 276 g/mol. The molecule has 1 amide bonds. The minimum Gasteiger partial charge on any atom is -0.348 e. The summed E-state index contributed by atoms with van der Waals surface area (Å²) in [5, 5.41) is 7.92. The van der Waals surface area contributed by atoms with E-state index in [1.165, 1.54) is 30.6 Å². The molecule has 5 heteroatoms. The second-order valence-electron chi connectivity index (χ2n) is 4.82. The van der Waals surface area contributed by atoms with Crippen LogP contribution in [-0.4, -0.2) is 16.9 Å². The second-order valence-corrected chi connectivity index (χ2v) is 6.63. The van der Waals surface area contributed by atoms with E-state index in [0.29, 0.717) is 11.7 Å². The first-order valence-electron chi connectivity index (χ1n) is 6.63. The van der Waals surface area contributed by atoms with E-state index in [0.717, 1.165) is 22.7 Å². The molecule has 1 saturated carbocycles. The SMILES string of the molecule is O=C(NC1CCCCC1)c1csc(-c2cccs2)n1. The highest BCUT2D eigenvalue weighted by Crippen LogP contribution is 2.28. The minimum atomic E-state index is -0.0223. The van der Waals surface area contributed by atoms with Crippen molar-refractivity contribution in [2.75, 3.05) is 0 Å². The summed E-state index contributed by atoms with van der Waals surface area (Å²) < 4.78 is 0. The molecule has 0 unspecified atom stereocenters. The van der Waals surface area contributed by atoms with E-state index in [1.54, 1.807) is 11.3 Å². The van der Waals surface area contributed by atoms with Gasteiger partial charge in [0.1, 0.15) is 10.7 Å². The van der Waals surface area contributed by atoms with Crippen LogP contribution in [0.15, 0.2) is 22.9 Å². The Labute approximate surface area is 120 Å². The quantitative estimate of drug-likeness (QED) is 0.931. The van der Waals surface area contributed by atoms with Crippen molar-refractivity contribution in [1.29, 1.82) is 0 Å². The molecular formula is C14H16N2OS2. The molecule has 1 fully saturated rings. The molecule has 0 saturated heterocycles. The molecule has 19 heavy (non-hydrogen) atoms. The van der Waals surface area contributed by atoms with E-state index in [4.69, 9.17) is 0 Å². The van der Waals surface area contributed by atoms with Crippen molar-refractivity contribution in [3.05, 3.63) is 28.6 Å². The number of carbonyl (C=O) groups is 1. The summed E-state index contributed by atoms with van der Waals surface area (Å²) in [5.41, 5.74) is 0.555. The fraction of sp³-hybridized carbons (Fsp3) is 0.429. The van der Waals surface area contributed by atoms with Crippen LogP contribution in [0.4, 0.5) is 0 Å². The van der Waals surface area contributed by atoms with Gasteiger partial charge in [0.25, 0.3) is 5.91 Å². The van der Waals surface area contributed by atoms with Crippen LogP contribution >= 0.6 is 22.7 Å². The van der Waals surface area contributed by atoms with Gasteiger partial charge >= 0.3 is 0 Å². The van der Waals surface area contributed by atoms with Crippen LogP contribution in [-0.2, 0) is 0 Å². The third-order valence-corrected chi connectivity index (χ3v) is 5.29. The van der Waals surface area contributed by atoms with Gasteiger partial charge in [-0.25, -0.2) is 4.98 Å². The largest absolute Gasteiger partial charge is 0.348 e. The summed E-state index contributed by atoms with van der Waals surface area (Å²) in [7, 11) is 0. The van der Waals surface area contributed by atoms with E-state index in [-0.39, 0.29) is 5.91 Å². The van der Waals surface area contributed by atoms with E-state index in [9.17, 15) is 4.79 Å². The lowest BCUT2D eigenvalue weighted by molar-refractivity contribution is 0.0923. The number of amides is 1. The van der Waals surface area contributed by atoms with Crippen LogP contribution in [0.25, 0.3) is 9.88 Å². The van der Waals surface area contributed by atoms with Crippen molar-refractivity contribution in [2.45, 2.75) is 38.1 Å². The molecule has 0 spiro atoms. The Morgan fingerprint density at radius 1 is 1.26 bits per heavy atom. The number of thiophene rings is 1. The average molecular weight is 292 g/mol. The molecule has 2 aromatic heterocycles. The number of aromatic nitrogens is 1. The fourth-order valence-corrected chi connectivity index (χ4v) is 4.01. The van der Waals surface area contributed by atoms with Gasteiger partial charge in [0.15, 0.2) is 0 Å². The van der Waals surface area contributed by atoms with Gasteiger partial charge in [0, 0.05) is 11.4 Å². The molecule has 0 radical (unpaired) electrons. The summed E-state index contributed by atoms with van der Waals surface area (Å²) in [6.07, 6.45) is 5.96. The number of rotatable bonds is 3. The lowest BCUT2D eigenvalue weighted by Crippen LogP contribution is -2.36. The van der Waals surface area contributed by atoms with Gasteiger partial charge in [-0.05, 0) is 24.3 Å². The molecule has 2 aromatic rings. The molecule has 0 aromatic carbocycles. The summed E-state index contributed by atoms with van der Waals surface area (Å²) in [6, 6.07) is 4.38. The first-order valence-corrected chi connectivity index (χ1v) is 8.39. The number of nitrogens with one attached hydrogen (secondary N) is 1. The van der Waals surface area contributed by atoms with E-state index in [1.807, 2.05) is 22.9 Å². The van der Waals surface area contributed by atoms with Gasteiger partial charge in [0.05, 0.1) is 4.88 Å². The number of hydrogen-bond donors (Lipinski definition) is 1. The molecule has 0 aliphatic heterocycles. The van der Waals surface area contributed by atoms with Crippen molar-refractivity contribution in [2.24, 2.45) is 0 Å². The summed E-state index contributed by atoms with van der Waals surface area (Å²) in [5.74, 6) is -0.0223. The maximum absolute atomic E-state index is 12.1. The number of nitrogens with zero attached hydrogens (tertiary/aromatic N) is 1. The molecule has 2 heterocycles. The Bertz CT molecular complexity index is 542. The molecule has 1 aliphatic carbocycles. The van der Waals surface area contributed by atoms with Gasteiger partial charge in [-0.2, -0.15) is 0 Å². The number of thiazole rings is 1. The van der Waals surface area contributed by atoms with Gasteiger partial charge < -0.3 is 5.32 Å². The Balaban J connectivity index is 1.67. The maximum Gasteiger partial charge on any atom is 0.270 e. The van der Waals surface area contributed by atoms with Crippen LogP contribution in [0.5, 0.6) is 0 Å². The van der Waals surface area contributed by atoms with Crippen molar-refractivity contribution >= 4 is 28.6 Å². The predicted molar refractivity (Wildman–Crippen MR) is 79.8 cm³/mol. The van der Waals surface area contributed by atoms with Crippen molar-refractivity contribution in [1.82, 2.24) is 10.3 Å². The molecule has 3 rings (SSSR count). The number of hydrogen-bond acceptors (Lipinski definition) is 4. The van der Waals surface area contributed by atoms with Gasteiger partial charge in [-0.3, -0.25) is 4.79 Å². The standard InChI is InChI=1S/C14H16N2OS2/c17-13(15-10-5-2-1-3-6-10)11-9-19-14(16-11)12-7-4-8-18-12/h4,7-10H,1-3,5-6H2,(H,15,17). The molecule has 1 N–H and O–H groups in total. The Hall–Kier alpha value is -1.20. The van der Waals surface area contributed by atoms with Crippen LogP contribution < -0.4 is 5.32 Å². The van der Waals surface area contributed by atoms with Crippen LogP contribution in [0.3, 0.4) is 0 Å². The Morgan fingerprint density at radius 3 is 2.84 bits per heavy atom. The first kappa shape index (κ1) is 12.8. The van der Waals surface area contributed by atoms with E-state index in [2.05, 4.69) is 10.3 Å². The van der Waals surface area contributed by atoms with Crippen LogP contribution in [0.2, 0.25) is 0 Å². The minimum absolute atomic E-state index is 0.0223. The Kier molecular flexibility index (Phi) is 3.94. The fourth-order valence-electron chi connectivity index (χ4n) is 2.40. The highest BCUT2D eigenvalue weighted by molar-refractivity contribution is 7.20. The molecule has 3 nitrogen and oxygen atoms in total. The third kappa shape index (κ3) is 3.04. The topological polar surface area (TPSA) is 42.0 Å². The van der Waals surface area contributed by atoms with E-state index >= 15 is 0 Å². The zero-order valence-corrected chi connectivity index (χ0v) is 12.2. The van der Waals surface area contributed by atoms with Gasteiger partial charge in [-0.15, -0.1) is 22.7 Å². The smallest absolute Gasteiger partial charge is 0.270 e. The zero-order valence-electron chi connectivity index (χ0n) is 10.6. The van der Waals surface area contributed by atoms with Crippen molar-refractivity contribution in [3.8, 4) is 9.88 Å². The summed E-state index contributed by atoms with van der Waals surface area (Å²) >= 11 is 3.19. The normalized spacial score (nSPS) is 16.4.